The van der Waals surface area contributed by atoms with E-state index in [2.05, 4.69) is 38.5 Å². The maximum atomic E-state index is 12.4. The molecule has 4 rings (SSSR count). The third-order valence-corrected chi connectivity index (χ3v) is 4.81. The summed E-state index contributed by atoms with van der Waals surface area (Å²) in [5, 5.41) is 10.6. The number of hydrogen-bond acceptors (Lipinski definition) is 5. The number of aromatic amines is 1. The molecule has 6 heteroatoms. The van der Waals surface area contributed by atoms with E-state index in [0.717, 1.165) is 36.1 Å². The molecule has 0 amide bonds. The van der Waals surface area contributed by atoms with Gasteiger partial charge in [0, 0.05) is 13.1 Å². The Morgan fingerprint density at radius 3 is 2.88 bits per heavy atom. The van der Waals surface area contributed by atoms with Crippen molar-refractivity contribution in [3.63, 3.8) is 0 Å². The van der Waals surface area contributed by atoms with E-state index in [9.17, 15) is 4.79 Å². The first-order valence-corrected chi connectivity index (χ1v) is 8.47. The van der Waals surface area contributed by atoms with Crippen molar-refractivity contribution < 1.29 is 9.53 Å². The quantitative estimate of drug-likeness (QED) is 0.741. The van der Waals surface area contributed by atoms with Crippen LogP contribution in [0.15, 0.2) is 42.5 Å². The SMILES string of the molecule is CC(C(=O)OCc1ccc2n[nH]nc2c1)N1CCc2ccccc2C1. The lowest BCUT2D eigenvalue weighted by Crippen LogP contribution is -2.42. The van der Waals surface area contributed by atoms with Gasteiger partial charge in [-0.25, -0.2) is 0 Å². The molecule has 0 bridgehead atoms. The van der Waals surface area contributed by atoms with Crippen LogP contribution in [0.25, 0.3) is 11.0 Å². The zero-order valence-corrected chi connectivity index (χ0v) is 14.1. The van der Waals surface area contributed by atoms with E-state index < -0.39 is 0 Å². The molecule has 2 aromatic carbocycles. The molecule has 1 aromatic heterocycles. The fourth-order valence-corrected chi connectivity index (χ4v) is 3.25. The standard InChI is InChI=1S/C19H20N4O2/c1-13(23-9-8-15-4-2-3-5-16(15)11-23)19(24)25-12-14-6-7-17-18(10-14)21-22-20-17/h2-7,10,13H,8-9,11-12H2,1H3,(H,20,21,22). The van der Waals surface area contributed by atoms with Gasteiger partial charge < -0.3 is 4.74 Å². The van der Waals surface area contributed by atoms with E-state index in [0.29, 0.717) is 0 Å². The summed E-state index contributed by atoms with van der Waals surface area (Å²) in [5.74, 6) is -0.195. The van der Waals surface area contributed by atoms with Crippen molar-refractivity contribution in [1.82, 2.24) is 20.3 Å². The summed E-state index contributed by atoms with van der Waals surface area (Å²) in [7, 11) is 0. The molecule has 25 heavy (non-hydrogen) atoms. The molecule has 2 heterocycles. The minimum absolute atomic E-state index is 0.195. The summed E-state index contributed by atoms with van der Waals surface area (Å²) in [6.07, 6.45) is 0.969. The fourth-order valence-electron chi connectivity index (χ4n) is 3.25. The number of carbonyl (C=O) groups excluding carboxylic acids is 1. The first kappa shape index (κ1) is 15.8. The number of esters is 1. The number of aromatic nitrogens is 3. The number of hydrogen-bond donors (Lipinski definition) is 1. The van der Waals surface area contributed by atoms with E-state index in [1.165, 1.54) is 11.1 Å². The number of carbonyl (C=O) groups is 1. The lowest BCUT2D eigenvalue weighted by Gasteiger charge is -2.32. The van der Waals surface area contributed by atoms with Gasteiger partial charge in [0.15, 0.2) is 0 Å². The average molecular weight is 336 g/mol. The molecule has 3 aromatic rings. The van der Waals surface area contributed by atoms with Crippen molar-refractivity contribution in [2.45, 2.75) is 32.5 Å². The van der Waals surface area contributed by atoms with E-state index in [1.807, 2.05) is 31.2 Å². The molecule has 1 atom stereocenters. The summed E-state index contributed by atoms with van der Waals surface area (Å²) in [5.41, 5.74) is 5.15. The number of fused-ring (bicyclic) bond motifs is 2. The molecule has 1 aliphatic heterocycles. The highest BCUT2D eigenvalue weighted by Crippen LogP contribution is 2.21. The molecular formula is C19H20N4O2. The highest BCUT2D eigenvalue weighted by molar-refractivity contribution is 5.76. The fraction of sp³-hybridized carbons (Fsp3) is 0.316. The molecule has 128 valence electrons. The number of benzene rings is 2. The second kappa shape index (κ2) is 6.64. The summed E-state index contributed by atoms with van der Waals surface area (Å²) >= 11 is 0. The van der Waals surface area contributed by atoms with Crippen LogP contribution in [0, 0.1) is 0 Å². The zero-order chi connectivity index (χ0) is 17.2. The Morgan fingerprint density at radius 2 is 2.00 bits per heavy atom. The van der Waals surface area contributed by atoms with Crippen molar-refractivity contribution in [2.75, 3.05) is 6.54 Å². The lowest BCUT2D eigenvalue weighted by atomic mass is 9.99. The number of nitrogens with zero attached hydrogens (tertiary/aromatic N) is 3. The summed E-state index contributed by atoms with van der Waals surface area (Å²) in [4.78, 5) is 14.6. The van der Waals surface area contributed by atoms with Gasteiger partial charge in [-0.2, -0.15) is 15.4 Å². The van der Waals surface area contributed by atoms with E-state index in [4.69, 9.17) is 4.74 Å². The Bertz CT molecular complexity index is 905. The minimum Gasteiger partial charge on any atom is -0.460 e. The monoisotopic (exact) mass is 336 g/mol. The number of nitrogens with one attached hydrogen (secondary N) is 1. The van der Waals surface area contributed by atoms with Gasteiger partial charge in [-0.1, -0.05) is 30.3 Å². The van der Waals surface area contributed by atoms with Crippen LogP contribution in [0.5, 0.6) is 0 Å². The van der Waals surface area contributed by atoms with Gasteiger partial charge in [0.1, 0.15) is 23.7 Å². The van der Waals surface area contributed by atoms with Gasteiger partial charge in [-0.05, 0) is 42.2 Å². The third kappa shape index (κ3) is 3.25. The van der Waals surface area contributed by atoms with Crippen LogP contribution in [0.1, 0.15) is 23.6 Å². The molecule has 0 fully saturated rings. The molecule has 0 aliphatic carbocycles. The van der Waals surface area contributed by atoms with Crippen LogP contribution in [-0.2, 0) is 29.1 Å². The minimum atomic E-state index is -0.260. The van der Waals surface area contributed by atoms with Crippen LogP contribution in [-0.4, -0.2) is 38.9 Å². The topological polar surface area (TPSA) is 71.1 Å². The molecule has 0 saturated heterocycles. The van der Waals surface area contributed by atoms with Crippen molar-refractivity contribution in [3.8, 4) is 0 Å². The van der Waals surface area contributed by atoms with Crippen LogP contribution in [0.4, 0.5) is 0 Å². The molecule has 0 spiro atoms. The van der Waals surface area contributed by atoms with Crippen LogP contribution in [0.2, 0.25) is 0 Å². The Kier molecular flexibility index (Phi) is 4.19. The van der Waals surface area contributed by atoms with Gasteiger partial charge in [0.2, 0.25) is 0 Å². The number of rotatable bonds is 4. The van der Waals surface area contributed by atoms with E-state index >= 15 is 0 Å². The third-order valence-electron chi connectivity index (χ3n) is 4.81. The average Bonchev–Trinajstić information content (AvgIpc) is 3.13. The van der Waals surface area contributed by atoms with Crippen molar-refractivity contribution in [3.05, 3.63) is 59.2 Å². The summed E-state index contributed by atoms with van der Waals surface area (Å²) < 4.78 is 5.52. The number of ether oxygens (including phenoxy) is 1. The first-order chi connectivity index (χ1) is 12.2. The first-order valence-electron chi connectivity index (χ1n) is 8.47. The van der Waals surface area contributed by atoms with Crippen LogP contribution >= 0.6 is 0 Å². The van der Waals surface area contributed by atoms with Crippen molar-refractivity contribution >= 4 is 17.0 Å². The normalized spacial score (nSPS) is 15.7. The molecule has 6 nitrogen and oxygen atoms in total. The Morgan fingerprint density at radius 1 is 1.20 bits per heavy atom. The Balaban J connectivity index is 1.37. The van der Waals surface area contributed by atoms with Crippen molar-refractivity contribution in [1.29, 1.82) is 0 Å². The highest BCUT2D eigenvalue weighted by Gasteiger charge is 2.26. The van der Waals surface area contributed by atoms with Gasteiger partial charge in [0.05, 0.1) is 0 Å². The Hall–Kier alpha value is -2.73. The smallest absolute Gasteiger partial charge is 0.323 e. The van der Waals surface area contributed by atoms with Crippen LogP contribution in [0.3, 0.4) is 0 Å². The van der Waals surface area contributed by atoms with E-state index in [1.54, 1.807) is 0 Å². The van der Waals surface area contributed by atoms with Gasteiger partial charge in [-0.15, -0.1) is 0 Å². The van der Waals surface area contributed by atoms with Gasteiger partial charge >= 0.3 is 5.97 Å². The molecule has 0 saturated carbocycles. The van der Waals surface area contributed by atoms with Crippen LogP contribution < -0.4 is 0 Å². The van der Waals surface area contributed by atoms with Gasteiger partial charge in [0.25, 0.3) is 0 Å². The summed E-state index contributed by atoms with van der Waals surface area (Å²) in [6, 6.07) is 13.8. The summed E-state index contributed by atoms with van der Waals surface area (Å²) in [6.45, 7) is 3.82. The molecular weight excluding hydrogens is 316 g/mol. The maximum Gasteiger partial charge on any atom is 0.323 e. The molecule has 1 N–H and O–H groups in total. The maximum absolute atomic E-state index is 12.4. The highest BCUT2D eigenvalue weighted by atomic mass is 16.5. The number of H-pyrrole nitrogens is 1. The predicted octanol–water partition coefficient (Wildman–Crippen LogP) is 2.45. The lowest BCUT2D eigenvalue weighted by molar-refractivity contribution is -0.151. The van der Waals surface area contributed by atoms with E-state index in [-0.39, 0.29) is 18.6 Å². The second-order valence-electron chi connectivity index (χ2n) is 6.42. The van der Waals surface area contributed by atoms with Crippen molar-refractivity contribution in [2.24, 2.45) is 0 Å². The largest absolute Gasteiger partial charge is 0.460 e. The molecule has 1 unspecified atom stereocenters. The predicted molar refractivity (Wildman–Crippen MR) is 93.7 cm³/mol. The zero-order valence-electron chi connectivity index (χ0n) is 14.1. The molecule has 1 aliphatic rings. The molecule has 0 radical (unpaired) electrons. The second-order valence-corrected chi connectivity index (χ2v) is 6.42. The Labute approximate surface area is 145 Å². The van der Waals surface area contributed by atoms with Gasteiger partial charge in [-0.3, -0.25) is 9.69 Å².